The summed E-state index contributed by atoms with van der Waals surface area (Å²) < 4.78 is 6.00. The SMILES string of the molecule is CCC(Oc1cc(C)ccc1C)C(=O)Nc1ccccc1C(C)C. The van der Waals surface area contributed by atoms with Gasteiger partial charge in [0, 0.05) is 5.69 Å². The predicted molar refractivity (Wildman–Crippen MR) is 99.8 cm³/mol. The Bertz CT molecular complexity index is 707. The van der Waals surface area contributed by atoms with Crippen molar-refractivity contribution in [2.75, 3.05) is 5.32 Å². The van der Waals surface area contributed by atoms with Crippen LogP contribution < -0.4 is 10.1 Å². The Labute approximate surface area is 145 Å². The lowest BCUT2D eigenvalue weighted by molar-refractivity contribution is -0.122. The van der Waals surface area contributed by atoms with Gasteiger partial charge >= 0.3 is 0 Å². The highest BCUT2D eigenvalue weighted by Crippen LogP contribution is 2.25. The number of hydrogen-bond donors (Lipinski definition) is 1. The van der Waals surface area contributed by atoms with E-state index in [1.165, 1.54) is 0 Å². The van der Waals surface area contributed by atoms with Gasteiger partial charge in [0.1, 0.15) is 5.75 Å². The Morgan fingerprint density at radius 3 is 2.50 bits per heavy atom. The highest BCUT2D eigenvalue weighted by molar-refractivity contribution is 5.95. The van der Waals surface area contributed by atoms with Gasteiger partial charge in [-0.2, -0.15) is 0 Å². The lowest BCUT2D eigenvalue weighted by Crippen LogP contribution is -2.33. The molecule has 1 atom stereocenters. The third-order valence-corrected chi connectivity index (χ3v) is 4.12. The first-order valence-electron chi connectivity index (χ1n) is 8.56. The fourth-order valence-corrected chi connectivity index (χ4v) is 2.64. The van der Waals surface area contributed by atoms with Crippen molar-refractivity contribution in [1.29, 1.82) is 0 Å². The third kappa shape index (κ3) is 4.38. The Kier molecular flexibility index (Phi) is 6.02. The summed E-state index contributed by atoms with van der Waals surface area (Å²) in [6.07, 6.45) is 0.106. The molecule has 0 aliphatic rings. The number of anilines is 1. The van der Waals surface area contributed by atoms with E-state index in [-0.39, 0.29) is 5.91 Å². The average molecular weight is 325 g/mol. The van der Waals surface area contributed by atoms with Crippen molar-refractivity contribution in [3.8, 4) is 5.75 Å². The minimum absolute atomic E-state index is 0.105. The second-order valence-electron chi connectivity index (χ2n) is 6.51. The minimum Gasteiger partial charge on any atom is -0.480 e. The van der Waals surface area contributed by atoms with Crippen molar-refractivity contribution in [1.82, 2.24) is 0 Å². The zero-order valence-corrected chi connectivity index (χ0v) is 15.2. The van der Waals surface area contributed by atoms with Crippen LogP contribution in [0, 0.1) is 13.8 Å². The molecule has 0 saturated heterocycles. The molecule has 1 amide bonds. The van der Waals surface area contributed by atoms with Crippen LogP contribution in [0.3, 0.4) is 0 Å². The maximum atomic E-state index is 12.7. The number of carbonyl (C=O) groups is 1. The van der Waals surface area contributed by atoms with Gasteiger partial charge in [-0.05, 0) is 55.0 Å². The standard InChI is InChI=1S/C21H27NO2/c1-6-19(24-20-13-15(4)11-12-16(20)5)21(23)22-18-10-8-7-9-17(18)14(2)3/h7-14,19H,6H2,1-5H3,(H,22,23). The molecule has 0 aromatic heterocycles. The number of aryl methyl sites for hydroxylation is 2. The van der Waals surface area contributed by atoms with Crippen LogP contribution in [0.1, 0.15) is 49.8 Å². The largest absolute Gasteiger partial charge is 0.480 e. The Balaban J connectivity index is 2.16. The number of rotatable bonds is 6. The molecule has 0 aliphatic carbocycles. The van der Waals surface area contributed by atoms with Crippen LogP contribution in [-0.2, 0) is 4.79 Å². The topological polar surface area (TPSA) is 38.3 Å². The van der Waals surface area contributed by atoms with Crippen molar-refractivity contribution in [3.63, 3.8) is 0 Å². The number of ether oxygens (including phenoxy) is 1. The normalized spacial score (nSPS) is 12.1. The van der Waals surface area contributed by atoms with E-state index in [1.807, 2.05) is 63.2 Å². The maximum Gasteiger partial charge on any atom is 0.265 e. The summed E-state index contributed by atoms with van der Waals surface area (Å²) in [5.41, 5.74) is 4.15. The van der Waals surface area contributed by atoms with E-state index in [4.69, 9.17) is 4.74 Å². The molecule has 2 rings (SSSR count). The molecule has 0 heterocycles. The summed E-state index contributed by atoms with van der Waals surface area (Å²) in [5, 5.41) is 3.03. The zero-order chi connectivity index (χ0) is 17.7. The summed E-state index contributed by atoms with van der Waals surface area (Å²) in [5.74, 6) is 1.02. The fourth-order valence-electron chi connectivity index (χ4n) is 2.64. The summed E-state index contributed by atoms with van der Waals surface area (Å²) >= 11 is 0. The van der Waals surface area contributed by atoms with Crippen molar-refractivity contribution in [3.05, 3.63) is 59.2 Å². The van der Waals surface area contributed by atoms with Crippen molar-refractivity contribution < 1.29 is 9.53 Å². The summed E-state index contributed by atoms with van der Waals surface area (Å²) in [4.78, 5) is 12.7. The monoisotopic (exact) mass is 325 g/mol. The van der Waals surface area contributed by atoms with E-state index in [0.29, 0.717) is 12.3 Å². The molecule has 0 fully saturated rings. The molecule has 0 aliphatic heterocycles. The van der Waals surface area contributed by atoms with Crippen LogP contribution in [0.2, 0.25) is 0 Å². The molecule has 2 aromatic rings. The van der Waals surface area contributed by atoms with Crippen LogP contribution in [0.25, 0.3) is 0 Å². The van der Waals surface area contributed by atoms with Gasteiger partial charge in [-0.25, -0.2) is 0 Å². The smallest absolute Gasteiger partial charge is 0.265 e. The van der Waals surface area contributed by atoms with Gasteiger partial charge in [-0.15, -0.1) is 0 Å². The molecular formula is C21H27NO2. The Hall–Kier alpha value is -2.29. The number of benzene rings is 2. The lowest BCUT2D eigenvalue weighted by atomic mass is 10.0. The summed E-state index contributed by atoms with van der Waals surface area (Å²) in [7, 11) is 0. The van der Waals surface area contributed by atoms with Crippen LogP contribution in [0.5, 0.6) is 5.75 Å². The van der Waals surface area contributed by atoms with Crippen molar-refractivity contribution in [2.45, 2.75) is 53.1 Å². The van der Waals surface area contributed by atoms with E-state index in [2.05, 4.69) is 19.2 Å². The number of nitrogens with one attached hydrogen (secondary N) is 1. The zero-order valence-electron chi connectivity index (χ0n) is 15.2. The summed E-state index contributed by atoms with van der Waals surface area (Å²) in [6.45, 7) is 10.2. The van der Waals surface area contributed by atoms with E-state index < -0.39 is 6.10 Å². The number of carbonyl (C=O) groups excluding carboxylic acids is 1. The molecule has 0 saturated carbocycles. The van der Waals surface area contributed by atoms with Crippen LogP contribution in [0.15, 0.2) is 42.5 Å². The molecular weight excluding hydrogens is 298 g/mol. The number of hydrogen-bond acceptors (Lipinski definition) is 2. The molecule has 0 bridgehead atoms. The van der Waals surface area contributed by atoms with Gasteiger partial charge in [0.25, 0.3) is 5.91 Å². The molecule has 2 aromatic carbocycles. The molecule has 3 nitrogen and oxygen atoms in total. The Morgan fingerprint density at radius 2 is 1.83 bits per heavy atom. The fraction of sp³-hybridized carbons (Fsp3) is 0.381. The number of amides is 1. The molecule has 0 spiro atoms. The van der Waals surface area contributed by atoms with Crippen LogP contribution in [0.4, 0.5) is 5.69 Å². The minimum atomic E-state index is -0.509. The second-order valence-corrected chi connectivity index (χ2v) is 6.51. The van der Waals surface area contributed by atoms with E-state index in [0.717, 1.165) is 28.1 Å². The van der Waals surface area contributed by atoms with E-state index in [1.54, 1.807) is 0 Å². The van der Waals surface area contributed by atoms with E-state index >= 15 is 0 Å². The molecule has 1 unspecified atom stereocenters. The van der Waals surface area contributed by atoms with Gasteiger partial charge in [0.2, 0.25) is 0 Å². The van der Waals surface area contributed by atoms with Crippen molar-refractivity contribution >= 4 is 11.6 Å². The highest BCUT2D eigenvalue weighted by atomic mass is 16.5. The van der Waals surface area contributed by atoms with Gasteiger partial charge < -0.3 is 10.1 Å². The third-order valence-electron chi connectivity index (χ3n) is 4.12. The van der Waals surface area contributed by atoms with Gasteiger partial charge in [-0.3, -0.25) is 4.79 Å². The molecule has 3 heteroatoms. The van der Waals surface area contributed by atoms with Crippen LogP contribution >= 0.6 is 0 Å². The van der Waals surface area contributed by atoms with Gasteiger partial charge in [0.15, 0.2) is 6.10 Å². The van der Waals surface area contributed by atoms with Crippen LogP contribution in [-0.4, -0.2) is 12.0 Å². The van der Waals surface area contributed by atoms with Crippen molar-refractivity contribution in [2.24, 2.45) is 0 Å². The molecule has 24 heavy (non-hydrogen) atoms. The Morgan fingerprint density at radius 1 is 1.12 bits per heavy atom. The van der Waals surface area contributed by atoms with Gasteiger partial charge in [0.05, 0.1) is 0 Å². The van der Waals surface area contributed by atoms with E-state index in [9.17, 15) is 4.79 Å². The highest BCUT2D eigenvalue weighted by Gasteiger charge is 2.20. The first kappa shape index (κ1) is 18.1. The molecule has 0 radical (unpaired) electrons. The molecule has 1 N–H and O–H groups in total. The summed E-state index contributed by atoms with van der Waals surface area (Å²) in [6, 6.07) is 14.0. The number of para-hydroxylation sites is 1. The maximum absolute atomic E-state index is 12.7. The first-order valence-corrected chi connectivity index (χ1v) is 8.56. The first-order chi connectivity index (χ1) is 11.4. The lowest BCUT2D eigenvalue weighted by Gasteiger charge is -2.20. The quantitative estimate of drug-likeness (QED) is 0.790. The second kappa shape index (κ2) is 8.00. The predicted octanol–water partition coefficient (Wildman–Crippen LogP) is 5.22. The van der Waals surface area contributed by atoms with Gasteiger partial charge in [-0.1, -0.05) is 51.1 Å². The average Bonchev–Trinajstić information content (AvgIpc) is 2.55. The molecule has 128 valence electrons.